The molecule has 1 aromatic heterocycles. The molecule has 1 heterocycles. The van der Waals surface area contributed by atoms with Crippen molar-refractivity contribution in [3.63, 3.8) is 0 Å². The predicted octanol–water partition coefficient (Wildman–Crippen LogP) is 3.26. The molecular formula is C19H15BrFN5O3. The number of benzene rings is 2. The SMILES string of the molecule is C=CC(=O)Nc1nc(Nc2ccc(Br)cc2F)c2ccc(OCC(N)=O)cc2n1. The van der Waals surface area contributed by atoms with Crippen LogP contribution in [0.25, 0.3) is 10.9 Å². The molecule has 2 aromatic carbocycles. The van der Waals surface area contributed by atoms with Crippen LogP contribution in [0.1, 0.15) is 0 Å². The van der Waals surface area contributed by atoms with Gasteiger partial charge in [0.1, 0.15) is 17.4 Å². The first-order valence-electron chi connectivity index (χ1n) is 8.24. The van der Waals surface area contributed by atoms with E-state index in [1.807, 2.05) is 0 Å². The summed E-state index contributed by atoms with van der Waals surface area (Å²) in [5, 5.41) is 5.91. The van der Waals surface area contributed by atoms with Crippen molar-refractivity contribution in [2.45, 2.75) is 0 Å². The Morgan fingerprint density at radius 1 is 1.24 bits per heavy atom. The molecule has 8 nitrogen and oxygen atoms in total. The minimum atomic E-state index is -0.625. The normalized spacial score (nSPS) is 10.4. The Kier molecular flexibility index (Phi) is 6.03. The average molecular weight is 460 g/mol. The molecule has 3 rings (SSSR count). The van der Waals surface area contributed by atoms with Crippen molar-refractivity contribution in [3.05, 3.63) is 59.3 Å². The smallest absolute Gasteiger partial charge is 0.255 e. The third kappa shape index (κ3) is 5.05. The number of carbonyl (C=O) groups is 2. The third-order valence-corrected chi connectivity index (χ3v) is 4.15. The van der Waals surface area contributed by atoms with Gasteiger partial charge in [0.15, 0.2) is 6.61 Å². The van der Waals surface area contributed by atoms with E-state index in [-0.39, 0.29) is 24.1 Å². The van der Waals surface area contributed by atoms with E-state index in [0.29, 0.717) is 21.1 Å². The highest BCUT2D eigenvalue weighted by Crippen LogP contribution is 2.30. The van der Waals surface area contributed by atoms with Crippen molar-refractivity contribution < 1.29 is 18.7 Å². The zero-order valence-corrected chi connectivity index (χ0v) is 16.5. The molecule has 0 atom stereocenters. The molecule has 148 valence electrons. The molecule has 0 bridgehead atoms. The predicted molar refractivity (Wildman–Crippen MR) is 110 cm³/mol. The van der Waals surface area contributed by atoms with Crippen molar-refractivity contribution in [1.82, 2.24) is 9.97 Å². The topological polar surface area (TPSA) is 119 Å². The monoisotopic (exact) mass is 459 g/mol. The Balaban J connectivity index is 2.06. The van der Waals surface area contributed by atoms with Gasteiger partial charge in [0.25, 0.3) is 5.91 Å². The molecular weight excluding hydrogens is 445 g/mol. The van der Waals surface area contributed by atoms with E-state index in [1.165, 1.54) is 6.07 Å². The quantitative estimate of drug-likeness (QED) is 0.466. The molecule has 10 heteroatoms. The maximum absolute atomic E-state index is 14.3. The number of nitrogens with two attached hydrogens (primary N) is 1. The summed E-state index contributed by atoms with van der Waals surface area (Å²) >= 11 is 3.20. The zero-order valence-electron chi connectivity index (χ0n) is 14.9. The Morgan fingerprint density at radius 3 is 2.72 bits per heavy atom. The lowest BCUT2D eigenvalue weighted by molar-refractivity contribution is -0.120. The van der Waals surface area contributed by atoms with Gasteiger partial charge in [-0.05, 0) is 36.4 Å². The second-order valence-electron chi connectivity index (χ2n) is 5.77. The first kappa shape index (κ1) is 20.2. The Hall–Kier alpha value is -3.53. The van der Waals surface area contributed by atoms with E-state index in [9.17, 15) is 14.0 Å². The second kappa shape index (κ2) is 8.65. The molecule has 29 heavy (non-hydrogen) atoms. The van der Waals surface area contributed by atoms with Gasteiger partial charge in [-0.25, -0.2) is 9.37 Å². The lowest BCUT2D eigenvalue weighted by Gasteiger charge is -2.13. The summed E-state index contributed by atoms with van der Waals surface area (Å²) in [6.07, 6.45) is 1.07. The number of fused-ring (bicyclic) bond motifs is 1. The van der Waals surface area contributed by atoms with E-state index >= 15 is 0 Å². The molecule has 0 saturated carbocycles. The van der Waals surface area contributed by atoms with E-state index in [0.717, 1.165) is 6.08 Å². The van der Waals surface area contributed by atoms with Crippen LogP contribution >= 0.6 is 15.9 Å². The maximum Gasteiger partial charge on any atom is 0.255 e. The number of anilines is 3. The van der Waals surface area contributed by atoms with Crippen LogP contribution < -0.4 is 21.1 Å². The number of aromatic nitrogens is 2. The van der Waals surface area contributed by atoms with Crippen LogP contribution in [0.5, 0.6) is 5.75 Å². The van der Waals surface area contributed by atoms with Gasteiger partial charge in [0.2, 0.25) is 11.9 Å². The molecule has 0 aliphatic rings. The van der Waals surface area contributed by atoms with Crippen LogP contribution in [0.2, 0.25) is 0 Å². The molecule has 2 amide bonds. The summed E-state index contributed by atoms with van der Waals surface area (Å²) in [7, 11) is 0. The zero-order chi connectivity index (χ0) is 21.0. The lowest BCUT2D eigenvalue weighted by Crippen LogP contribution is -2.20. The fourth-order valence-corrected chi connectivity index (χ4v) is 2.72. The highest BCUT2D eigenvalue weighted by Gasteiger charge is 2.13. The molecule has 0 radical (unpaired) electrons. The van der Waals surface area contributed by atoms with Crippen LogP contribution in [0.3, 0.4) is 0 Å². The molecule has 3 aromatic rings. The molecule has 0 fully saturated rings. The van der Waals surface area contributed by atoms with Gasteiger partial charge < -0.3 is 15.8 Å². The molecule has 4 N–H and O–H groups in total. The van der Waals surface area contributed by atoms with E-state index in [2.05, 4.69) is 43.1 Å². The van der Waals surface area contributed by atoms with E-state index in [1.54, 1.807) is 30.3 Å². The van der Waals surface area contributed by atoms with Crippen LogP contribution in [0.4, 0.5) is 21.8 Å². The summed E-state index contributed by atoms with van der Waals surface area (Å²) in [4.78, 5) is 31.1. The van der Waals surface area contributed by atoms with Gasteiger partial charge in [-0.3, -0.25) is 14.9 Å². The highest BCUT2D eigenvalue weighted by molar-refractivity contribution is 9.10. The largest absolute Gasteiger partial charge is 0.484 e. The lowest BCUT2D eigenvalue weighted by atomic mass is 10.2. The fraction of sp³-hybridized carbons (Fsp3) is 0.0526. The van der Waals surface area contributed by atoms with Crippen molar-refractivity contribution in [2.24, 2.45) is 5.73 Å². The first-order chi connectivity index (χ1) is 13.9. The minimum absolute atomic E-state index is 0.0190. The summed E-state index contributed by atoms with van der Waals surface area (Å²) in [5.41, 5.74) is 5.66. The van der Waals surface area contributed by atoms with Crippen LogP contribution in [0.15, 0.2) is 53.5 Å². The molecule has 0 unspecified atom stereocenters. The fourth-order valence-electron chi connectivity index (χ4n) is 2.38. The number of hydrogen-bond donors (Lipinski definition) is 3. The Labute approximate surface area is 173 Å². The van der Waals surface area contributed by atoms with Gasteiger partial charge in [-0.15, -0.1) is 0 Å². The number of nitrogens with one attached hydrogen (secondary N) is 2. The third-order valence-electron chi connectivity index (χ3n) is 3.65. The van der Waals surface area contributed by atoms with Crippen molar-refractivity contribution in [1.29, 1.82) is 0 Å². The van der Waals surface area contributed by atoms with Crippen molar-refractivity contribution in [3.8, 4) is 5.75 Å². The second-order valence-corrected chi connectivity index (χ2v) is 6.69. The number of hydrogen-bond acceptors (Lipinski definition) is 6. The number of primary amides is 1. The van der Waals surface area contributed by atoms with Gasteiger partial charge in [-0.1, -0.05) is 22.5 Å². The van der Waals surface area contributed by atoms with Gasteiger partial charge in [0.05, 0.1) is 11.2 Å². The maximum atomic E-state index is 14.3. The van der Waals surface area contributed by atoms with E-state index in [4.69, 9.17) is 10.5 Å². The van der Waals surface area contributed by atoms with Crippen molar-refractivity contribution in [2.75, 3.05) is 17.2 Å². The number of ether oxygens (including phenoxy) is 1. The number of rotatable bonds is 7. The molecule has 0 aliphatic carbocycles. The standard InChI is InChI=1S/C19H15BrFN5O3/c1-2-17(28)25-19-24-15-8-11(29-9-16(22)27)4-5-12(15)18(26-19)23-14-6-3-10(20)7-13(14)21/h2-8H,1,9H2,(H2,22,27)(H2,23,24,25,26,28). The molecule has 0 spiro atoms. The van der Waals surface area contributed by atoms with Crippen LogP contribution in [0, 0.1) is 5.82 Å². The molecule has 0 aliphatic heterocycles. The highest BCUT2D eigenvalue weighted by atomic mass is 79.9. The van der Waals surface area contributed by atoms with Crippen LogP contribution in [-0.4, -0.2) is 28.4 Å². The summed E-state index contributed by atoms with van der Waals surface area (Å²) in [5.74, 6) is -1.04. The van der Waals surface area contributed by atoms with Crippen LogP contribution in [-0.2, 0) is 9.59 Å². The minimum Gasteiger partial charge on any atom is -0.484 e. The number of halogens is 2. The Bertz CT molecular complexity index is 1120. The van der Waals surface area contributed by atoms with Gasteiger partial charge >= 0.3 is 0 Å². The van der Waals surface area contributed by atoms with Crippen molar-refractivity contribution >= 4 is 56.1 Å². The van der Waals surface area contributed by atoms with Gasteiger partial charge in [0, 0.05) is 15.9 Å². The number of nitrogens with zero attached hydrogens (tertiary/aromatic N) is 2. The summed E-state index contributed by atoms with van der Waals surface area (Å²) < 4.78 is 20.1. The van der Waals surface area contributed by atoms with Gasteiger partial charge in [-0.2, -0.15) is 4.98 Å². The number of carbonyl (C=O) groups excluding carboxylic acids is 2. The first-order valence-corrected chi connectivity index (χ1v) is 9.03. The summed E-state index contributed by atoms with van der Waals surface area (Å²) in [6.45, 7) is 3.08. The Morgan fingerprint density at radius 2 is 2.03 bits per heavy atom. The summed E-state index contributed by atoms with van der Waals surface area (Å²) in [6, 6.07) is 9.31. The average Bonchev–Trinajstić information content (AvgIpc) is 2.68. The molecule has 0 saturated heterocycles. The van der Waals surface area contributed by atoms with E-state index < -0.39 is 17.6 Å². The number of amides is 2.